The maximum Gasteiger partial charge on any atom is 0.170 e. The summed E-state index contributed by atoms with van der Waals surface area (Å²) in [5.74, 6) is 1.48. The van der Waals surface area contributed by atoms with Gasteiger partial charge in [0, 0.05) is 12.3 Å². The van der Waals surface area contributed by atoms with E-state index in [-0.39, 0.29) is 12.6 Å². The maximum absolute atomic E-state index is 5.46. The van der Waals surface area contributed by atoms with Crippen molar-refractivity contribution < 1.29 is 23.7 Å². The zero-order valence-corrected chi connectivity index (χ0v) is 16.7. The Morgan fingerprint density at radius 1 is 1.20 bits per heavy atom. The molecule has 4 heterocycles. The van der Waals surface area contributed by atoms with Gasteiger partial charge in [0.2, 0.25) is 0 Å². The minimum absolute atomic E-state index is 0.0713. The van der Waals surface area contributed by atoms with E-state index in [1.807, 2.05) is 6.08 Å². The van der Waals surface area contributed by atoms with Gasteiger partial charge in [-0.15, -0.1) is 6.58 Å². The van der Waals surface area contributed by atoms with Gasteiger partial charge in [-0.05, 0) is 24.8 Å². The molecule has 0 amide bonds. The van der Waals surface area contributed by atoms with E-state index in [9.17, 15) is 0 Å². The van der Waals surface area contributed by atoms with Crippen molar-refractivity contribution in [1.29, 1.82) is 0 Å². The third-order valence-corrected chi connectivity index (χ3v) is 5.52. The second-order valence-corrected chi connectivity index (χ2v) is 7.57. The van der Waals surface area contributed by atoms with Crippen molar-refractivity contribution in [2.45, 2.75) is 50.0 Å². The molecular weight excluding hydrogens is 388 g/mol. The van der Waals surface area contributed by atoms with Crippen LogP contribution in [0.15, 0.2) is 25.0 Å². The second kappa shape index (κ2) is 12.1. The van der Waals surface area contributed by atoms with Crippen molar-refractivity contribution in [3.63, 3.8) is 0 Å². The van der Waals surface area contributed by atoms with Gasteiger partial charge in [-0.25, -0.2) is 0 Å². The van der Waals surface area contributed by atoms with Gasteiger partial charge in [-0.1, -0.05) is 35.4 Å². The highest BCUT2D eigenvalue weighted by atomic mass is 79.9. The molecule has 3 fully saturated rings. The van der Waals surface area contributed by atoms with Crippen molar-refractivity contribution in [2.24, 2.45) is 11.8 Å². The third-order valence-electron chi connectivity index (χ3n) is 4.63. The number of fused-ring (bicyclic) bond motifs is 1. The summed E-state index contributed by atoms with van der Waals surface area (Å²) in [5, 5.41) is 0. The Balaban J connectivity index is 0.000000143. The highest BCUT2D eigenvalue weighted by Gasteiger charge is 2.40. The van der Waals surface area contributed by atoms with Crippen molar-refractivity contribution in [1.82, 2.24) is 0 Å². The predicted molar refractivity (Wildman–Crippen MR) is 101 cm³/mol. The van der Waals surface area contributed by atoms with Crippen LogP contribution in [0.3, 0.4) is 0 Å². The molecule has 5 unspecified atom stereocenters. The van der Waals surface area contributed by atoms with Gasteiger partial charge in [-0.2, -0.15) is 0 Å². The lowest BCUT2D eigenvalue weighted by Crippen LogP contribution is -2.19. The average molecular weight is 419 g/mol. The Kier molecular flexibility index (Phi) is 10.1. The Bertz CT molecular complexity index is 397. The lowest BCUT2D eigenvalue weighted by Gasteiger charge is -2.12. The predicted octanol–water partition coefficient (Wildman–Crippen LogP) is 4.02. The van der Waals surface area contributed by atoms with Crippen LogP contribution in [0.1, 0.15) is 32.6 Å². The van der Waals surface area contributed by atoms with Crippen molar-refractivity contribution >= 4 is 15.9 Å². The standard InChI is InChI=1S/C8H14O2.C7H11BrO2.C4H6O/c1-2-6-5-10-8-7(6)3-4-9-8;1-2-4-9-7-6(8)3-5-10-7;1-2-4-5-3-1/h6-8H,2-5H2,1H3;2,6-7H,1,3-5H2;1,3H,2,4H2. The van der Waals surface area contributed by atoms with Crippen LogP contribution in [-0.4, -0.2) is 50.4 Å². The van der Waals surface area contributed by atoms with Crippen LogP contribution in [0.5, 0.6) is 0 Å². The summed E-state index contributed by atoms with van der Waals surface area (Å²) < 4.78 is 26.1. The van der Waals surface area contributed by atoms with Crippen LogP contribution in [0.2, 0.25) is 0 Å². The Hall–Kier alpha value is -0.400. The summed E-state index contributed by atoms with van der Waals surface area (Å²) in [6.45, 7) is 9.85. The Morgan fingerprint density at radius 3 is 2.60 bits per heavy atom. The molecule has 5 nitrogen and oxygen atoms in total. The van der Waals surface area contributed by atoms with Crippen LogP contribution >= 0.6 is 15.9 Å². The Morgan fingerprint density at radius 2 is 2.04 bits per heavy atom. The first kappa shape index (κ1) is 20.9. The fraction of sp³-hybridized carbons (Fsp3) is 0.789. The van der Waals surface area contributed by atoms with Gasteiger partial charge in [0.1, 0.15) is 0 Å². The van der Waals surface area contributed by atoms with Crippen LogP contribution in [0, 0.1) is 11.8 Å². The minimum atomic E-state index is -0.0713. The number of hydrogen-bond donors (Lipinski definition) is 0. The maximum atomic E-state index is 5.46. The zero-order valence-electron chi connectivity index (χ0n) is 15.1. The van der Waals surface area contributed by atoms with E-state index < -0.39 is 0 Å². The number of hydrogen-bond acceptors (Lipinski definition) is 5. The van der Waals surface area contributed by atoms with Crippen LogP contribution < -0.4 is 0 Å². The van der Waals surface area contributed by atoms with E-state index in [1.165, 1.54) is 12.8 Å². The lowest BCUT2D eigenvalue weighted by molar-refractivity contribution is -0.0978. The normalized spacial score (nSPS) is 35.2. The molecule has 3 saturated heterocycles. The summed E-state index contributed by atoms with van der Waals surface area (Å²) >= 11 is 3.45. The summed E-state index contributed by atoms with van der Waals surface area (Å²) in [6, 6.07) is 0. The molecule has 5 atom stereocenters. The highest BCUT2D eigenvalue weighted by molar-refractivity contribution is 9.09. The molecule has 0 aromatic heterocycles. The van der Waals surface area contributed by atoms with Gasteiger partial charge >= 0.3 is 0 Å². The van der Waals surface area contributed by atoms with Gasteiger partial charge in [0.25, 0.3) is 0 Å². The minimum Gasteiger partial charge on any atom is -0.501 e. The lowest BCUT2D eigenvalue weighted by atomic mass is 9.91. The van der Waals surface area contributed by atoms with Crippen LogP contribution in [0.4, 0.5) is 0 Å². The molecular formula is C19H31BrO5. The van der Waals surface area contributed by atoms with E-state index in [2.05, 4.69) is 29.4 Å². The first-order chi connectivity index (χ1) is 12.3. The van der Waals surface area contributed by atoms with E-state index in [1.54, 1.807) is 12.3 Å². The van der Waals surface area contributed by atoms with Crippen molar-refractivity contribution in [3.8, 4) is 0 Å². The summed E-state index contributed by atoms with van der Waals surface area (Å²) in [7, 11) is 0. The topological polar surface area (TPSA) is 46.2 Å². The molecule has 0 aliphatic carbocycles. The van der Waals surface area contributed by atoms with E-state index in [0.717, 1.165) is 45.2 Å². The molecule has 0 aromatic carbocycles. The van der Waals surface area contributed by atoms with Crippen LogP contribution in [-0.2, 0) is 23.7 Å². The first-order valence-electron chi connectivity index (χ1n) is 9.24. The van der Waals surface area contributed by atoms with Gasteiger partial charge < -0.3 is 23.7 Å². The van der Waals surface area contributed by atoms with E-state index >= 15 is 0 Å². The highest BCUT2D eigenvalue weighted by Crippen LogP contribution is 2.36. The third kappa shape index (κ3) is 7.02. The molecule has 0 aromatic rings. The molecule has 144 valence electrons. The molecule has 0 bridgehead atoms. The SMILES string of the molecule is C1=COCC1.C=CCOC1OCCC1Br.CCC1COC2OCCC12. The second-order valence-electron chi connectivity index (χ2n) is 6.39. The fourth-order valence-corrected chi connectivity index (χ4v) is 3.66. The molecule has 6 heteroatoms. The first-order valence-corrected chi connectivity index (χ1v) is 10.2. The Labute approximate surface area is 159 Å². The van der Waals surface area contributed by atoms with E-state index in [0.29, 0.717) is 17.4 Å². The molecule has 25 heavy (non-hydrogen) atoms. The smallest absolute Gasteiger partial charge is 0.170 e. The van der Waals surface area contributed by atoms with Gasteiger partial charge in [0.15, 0.2) is 12.6 Å². The molecule has 0 spiro atoms. The molecule has 4 aliphatic heterocycles. The van der Waals surface area contributed by atoms with Crippen molar-refractivity contribution in [3.05, 3.63) is 25.0 Å². The van der Waals surface area contributed by atoms with Gasteiger partial charge in [-0.3, -0.25) is 0 Å². The number of rotatable bonds is 4. The van der Waals surface area contributed by atoms with E-state index in [4.69, 9.17) is 23.7 Å². The number of alkyl halides is 1. The summed E-state index contributed by atoms with van der Waals surface area (Å²) in [5.41, 5.74) is 0. The molecule has 0 radical (unpaired) electrons. The van der Waals surface area contributed by atoms with Gasteiger partial charge in [0.05, 0.1) is 44.1 Å². The molecule has 0 N–H and O–H groups in total. The quantitative estimate of drug-likeness (QED) is 0.509. The molecule has 4 aliphatic rings. The zero-order chi connectivity index (χ0) is 17.9. The monoisotopic (exact) mass is 418 g/mol. The molecule has 4 rings (SSSR count). The summed E-state index contributed by atoms with van der Waals surface area (Å²) in [6.07, 6.45) is 10.1. The molecule has 0 saturated carbocycles. The summed E-state index contributed by atoms with van der Waals surface area (Å²) in [4.78, 5) is 0.354. The van der Waals surface area contributed by atoms with Crippen LogP contribution in [0.25, 0.3) is 0 Å². The fourth-order valence-electron chi connectivity index (χ4n) is 3.17. The average Bonchev–Trinajstić information content (AvgIpc) is 3.39. The van der Waals surface area contributed by atoms with Crippen molar-refractivity contribution in [2.75, 3.05) is 33.0 Å². The number of ether oxygens (including phenoxy) is 5. The number of halogens is 1. The largest absolute Gasteiger partial charge is 0.501 e.